The predicted octanol–water partition coefficient (Wildman–Crippen LogP) is 4.35. The molecule has 0 saturated carbocycles. The van der Waals surface area contributed by atoms with Gasteiger partial charge in [0.1, 0.15) is 5.92 Å². The second-order valence-corrected chi connectivity index (χ2v) is 6.49. The summed E-state index contributed by atoms with van der Waals surface area (Å²) in [6.45, 7) is 12.2. The molecule has 0 bridgehead atoms. The molecule has 0 radical (unpaired) electrons. The smallest absolute Gasteiger partial charge is 0.316 e. The zero-order valence-electron chi connectivity index (χ0n) is 15.8. The van der Waals surface area contributed by atoms with Crippen LogP contribution in [0.4, 0.5) is 0 Å². The lowest BCUT2D eigenvalue weighted by Crippen LogP contribution is -2.29. The van der Waals surface area contributed by atoms with E-state index in [-0.39, 0.29) is 17.7 Å². The van der Waals surface area contributed by atoms with E-state index in [2.05, 4.69) is 0 Å². The second-order valence-electron chi connectivity index (χ2n) is 6.49. The lowest BCUT2D eigenvalue weighted by molar-refractivity contribution is -0.147. The van der Waals surface area contributed by atoms with Gasteiger partial charge in [-0.15, -0.1) is 0 Å². The van der Waals surface area contributed by atoms with Crippen LogP contribution in [0.2, 0.25) is 0 Å². The Labute approximate surface area is 147 Å². The first-order chi connectivity index (χ1) is 11.3. The maximum absolute atomic E-state index is 12.9. The van der Waals surface area contributed by atoms with Crippen LogP contribution in [-0.2, 0) is 14.1 Å². The Morgan fingerprint density at radius 1 is 1.08 bits per heavy atom. The molecule has 2 unspecified atom stereocenters. The molecule has 5 heteroatoms. The third-order valence-electron chi connectivity index (χ3n) is 3.68. The number of carbonyl (C=O) groups is 2. The van der Waals surface area contributed by atoms with E-state index < -0.39 is 5.92 Å². The molecule has 0 aliphatic heterocycles. The summed E-state index contributed by atoms with van der Waals surface area (Å²) in [6, 6.07) is 3.98. The molecule has 0 heterocycles. The van der Waals surface area contributed by atoms with Crippen LogP contribution in [0.25, 0.3) is 0 Å². The predicted molar refractivity (Wildman–Crippen MR) is 101 cm³/mol. The fourth-order valence-electron chi connectivity index (χ4n) is 2.83. The first kappa shape index (κ1) is 22.6. The molecule has 0 saturated heterocycles. The number of rotatable bonds is 7. The molecule has 2 atom stereocenters. The minimum Gasteiger partial charge on any atom is -0.465 e. The van der Waals surface area contributed by atoms with Crippen molar-refractivity contribution in [2.45, 2.75) is 54.4 Å². The quantitative estimate of drug-likeness (QED) is 0.316. The summed E-state index contributed by atoms with van der Waals surface area (Å²) in [6.07, 6.45) is 1.28. The van der Waals surface area contributed by atoms with Gasteiger partial charge in [-0.3, -0.25) is 9.59 Å². The summed E-state index contributed by atoms with van der Waals surface area (Å²) in [7, 11) is 0.611. The number of esters is 1. The van der Waals surface area contributed by atoms with E-state index >= 15 is 0 Å². The minimum absolute atomic E-state index is 0.107. The van der Waals surface area contributed by atoms with Crippen molar-refractivity contribution in [1.29, 1.82) is 0 Å². The SMILES string of the molecule is CCCOC(=O)C(CC(C)C)C(=O)c1c(C)cc(C)cc1C.O=[PH3]. The van der Waals surface area contributed by atoms with Crippen LogP contribution in [0.3, 0.4) is 0 Å². The molecule has 0 aliphatic carbocycles. The van der Waals surface area contributed by atoms with Crippen molar-refractivity contribution in [1.82, 2.24) is 0 Å². The number of ketones is 1. The first-order valence-corrected chi connectivity index (χ1v) is 8.93. The van der Waals surface area contributed by atoms with E-state index in [9.17, 15) is 9.59 Å². The monoisotopic (exact) mass is 354 g/mol. The lowest BCUT2D eigenvalue weighted by atomic mass is 9.85. The molecular weight excluding hydrogens is 323 g/mol. The van der Waals surface area contributed by atoms with E-state index in [0.29, 0.717) is 27.7 Å². The van der Waals surface area contributed by atoms with Crippen LogP contribution in [-0.4, -0.2) is 18.4 Å². The molecule has 4 nitrogen and oxygen atoms in total. The van der Waals surface area contributed by atoms with Gasteiger partial charge in [-0.25, -0.2) is 0 Å². The topological polar surface area (TPSA) is 60.4 Å². The molecule has 0 fully saturated rings. The van der Waals surface area contributed by atoms with E-state index in [1.54, 1.807) is 0 Å². The number of carbonyl (C=O) groups excluding carboxylic acids is 2. The molecule has 136 valence electrons. The van der Waals surface area contributed by atoms with Gasteiger partial charge in [-0.05, 0) is 50.7 Å². The number of Topliss-reactive ketones (excluding diaryl/α,β-unsaturated/α-hetero) is 1. The van der Waals surface area contributed by atoms with Crippen molar-refractivity contribution < 1.29 is 18.9 Å². The lowest BCUT2D eigenvalue weighted by Gasteiger charge is -2.19. The van der Waals surface area contributed by atoms with Crippen LogP contribution in [0.1, 0.15) is 60.7 Å². The number of hydrogen-bond donors (Lipinski definition) is 0. The highest BCUT2D eigenvalue weighted by Gasteiger charge is 2.31. The molecule has 1 aromatic carbocycles. The van der Waals surface area contributed by atoms with Crippen LogP contribution >= 0.6 is 9.12 Å². The van der Waals surface area contributed by atoms with Crippen molar-refractivity contribution in [3.05, 3.63) is 34.4 Å². The van der Waals surface area contributed by atoms with Gasteiger partial charge in [-0.2, -0.15) is 0 Å². The van der Waals surface area contributed by atoms with Gasteiger partial charge in [0.15, 0.2) is 5.78 Å². The largest absolute Gasteiger partial charge is 0.465 e. The molecule has 0 aliphatic rings. The van der Waals surface area contributed by atoms with Crippen LogP contribution < -0.4 is 0 Å². The Balaban J connectivity index is 0.00000254. The van der Waals surface area contributed by atoms with Crippen LogP contribution in [0, 0.1) is 32.6 Å². The fraction of sp³-hybridized carbons (Fsp3) is 0.579. The van der Waals surface area contributed by atoms with E-state index in [4.69, 9.17) is 9.30 Å². The van der Waals surface area contributed by atoms with Gasteiger partial charge >= 0.3 is 5.97 Å². The summed E-state index contributed by atoms with van der Waals surface area (Å²) in [5.74, 6) is -0.939. The second kappa shape index (κ2) is 11.2. The minimum atomic E-state index is -0.702. The summed E-state index contributed by atoms with van der Waals surface area (Å²) in [4.78, 5) is 25.2. The number of benzene rings is 1. The Morgan fingerprint density at radius 3 is 2.00 bits per heavy atom. The number of ether oxygens (including phenoxy) is 1. The maximum Gasteiger partial charge on any atom is 0.316 e. The Bertz CT molecular complexity index is 543. The van der Waals surface area contributed by atoms with Gasteiger partial charge in [0.05, 0.1) is 15.7 Å². The molecule has 1 aromatic rings. The average molecular weight is 354 g/mol. The first-order valence-electron chi connectivity index (χ1n) is 8.35. The van der Waals surface area contributed by atoms with Gasteiger partial charge in [0.25, 0.3) is 0 Å². The highest BCUT2D eigenvalue weighted by molar-refractivity contribution is 7.00. The van der Waals surface area contributed by atoms with Gasteiger partial charge in [0.2, 0.25) is 0 Å². The Hall–Kier alpha value is -1.41. The zero-order chi connectivity index (χ0) is 18.9. The highest BCUT2D eigenvalue weighted by atomic mass is 31.0. The highest BCUT2D eigenvalue weighted by Crippen LogP contribution is 2.24. The maximum atomic E-state index is 12.9. The molecule has 0 spiro atoms. The van der Waals surface area contributed by atoms with Gasteiger partial charge in [-0.1, -0.05) is 38.5 Å². The number of hydrogen-bond acceptors (Lipinski definition) is 4. The van der Waals surface area contributed by atoms with Crippen molar-refractivity contribution in [3.8, 4) is 0 Å². The Kier molecular flexibility index (Phi) is 10.5. The third-order valence-corrected chi connectivity index (χ3v) is 3.68. The molecular formula is C19H31O4P. The van der Waals surface area contributed by atoms with Crippen molar-refractivity contribution in [2.24, 2.45) is 11.8 Å². The van der Waals surface area contributed by atoms with E-state index in [1.807, 2.05) is 53.7 Å². The van der Waals surface area contributed by atoms with Gasteiger partial charge in [0, 0.05) is 5.56 Å². The van der Waals surface area contributed by atoms with E-state index in [0.717, 1.165) is 23.1 Å². The molecule has 0 aromatic heterocycles. The molecule has 24 heavy (non-hydrogen) atoms. The van der Waals surface area contributed by atoms with Crippen molar-refractivity contribution >= 4 is 20.9 Å². The zero-order valence-corrected chi connectivity index (χ0v) is 17.2. The summed E-state index contributed by atoms with van der Waals surface area (Å²) in [5, 5.41) is 0. The van der Waals surface area contributed by atoms with Crippen molar-refractivity contribution in [2.75, 3.05) is 6.61 Å². The van der Waals surface area contributed by atoms with Crippen LogP contribution in [0.5, 0.6) is 0 Å². The summed E-state index contributed by atoms with van der Waals surface area (Å²) in [5.41, 5.74) is 3.66. The third kappa shape index (κ3) is 6.60. The van der Waals surface area contributed by atoms with Crippen LogP contribution in [0.15, 0.2) is 12.1 Å². The molecule has 0 N–H and O–H groups in total. The number of aryl methyl sites for hydroxylation is 3. The fourth-order valence-corrected chi connectivity index (χ4v) is 2.83. The summed E-state index contributed by atoms with van der Waals surface area (Å²) >= 11 is 0. The van der Waals surface area contributed by atoms with E-state index in [1.165, 1.54) is 0 Å². The average Bonchev–Trinajstić information content (AvgIpc) is 2.50. The Morgan fingerprint density at radius 2 is 1.58 bits per heavy atom. The standard InChI is InChI=1S/C19H28O3.H3OP/c1-7-8-22-19(21)16(9-12(2)3)18(20)17-14(5)10-13(4)11-15(17)6;1-2/h10-12,16H,7-9H2,1-6H3;2H3. The molecule has 0 amide bonds. The molecule has 1 rings (SSSR count). The van der Waals surface area contributed by atoms with Gasteiger partial charge < -0.3 is 9.30 Å². The van der Waals surface area contributed by atoms with Crippen molar-refractivity contribution in [3.63, 3.8) is 0 Å². The summed E-state index contributed by atoms with van der Waals surface area (Å²) < 4.78 is 13.5. The normalized spacial score (nSPS) is 11.6.